The molecular weight excluding hydrogens is 406 g/mol. The molecule has 2 aliphatic rings. The Bertz CT molecular complexity index is 1110. The Kier molecular flexibility index (Phi) is 6.45. The van der Waals surface area contributed by atoms with E-state index in [9.17, 15) is 9.59 Å². The highest BCUT2D eigenvalue weighted by Gasteiger charge is 2.24. The number of amides is 1. The lowest BCUT2D eigenvalue weighted by Crippen LogP contribution is -2.46. The minimum atomic E-state index is -0.238. The predicted molar refractivity (Wildman–Crippen MR) is 124 cm³/mol. The Balaban J connectivity index is 1.32. The van der Waals surface area contributed by atoms with E-state index < -0.39 is 0 Å². The number of piperazine rings is 1. The average molecular weight is 438 g/mol. The van der Waals surface area contributed by atoms with E-state index in [2.05, 4.69) is 25.1 Å². The van der Waals surface area contributed by atoms with Crippen molar-refractivity contribution >= 4 is 16.9 Å². The zero-order chi connectivity index (χ0) is 22.7. The maximum Gasteiger partial charge on any atom is 0.267 e. The molecule has 2 aromatic heterocycles. The van der Waals surface area contributed by atoms with E-state index >= 15 is 0 Å². The Morgan fingerprint density at radius 2 is 1.97 bits per heavy atom. The number of carbonyl (C=O) groups excluding carboxylic acids is 1. The molecule has 1 saturated carbocycles. The smallest absolute Gasteiger partial charge is 0.267 e. The Morgan fingerprint density at radius 1 is 1.22 bits per heavy atom. The van der Waals surface area contributed by atoms with Gasteiger partial charge in [0.1, 0.15) is 0 Å². The fourth-order valence-corrected chi connectivity index (χ4v) is 3.79. The van der Waals surface area contributed by atoms with E-state index in [1.54, 1.807) is 12.2 Å². The van der Waals surface area contributed by atoms with E-state index in [4.69, 9.17) is 11.5 Å². The fraction of sp³-hybridized carbons (Fsp3) is 0.435. The molecule has 0 atom stereocenters. The van der Waals surface area contributed by atoms with Crippen LogP contribution in [0.25, 0.3) is 11.0 Å². The first-order chi connectivity index (χ1) is 15.4. The number of aryl methyl sites for hydroxylation is 1. The van der Waals surface area contributed by atoms with Crippen LogP contribution >= 0.6 is 0 Å². The number of carbonyl (C=O) groups is 1. The molecule has 0 unspecified atom stereocenters. The van der Waals surface area contributed by atoms with Crippen LogP contribution in [0.4, 0.5) is 0 Å². The summed E-state index contributed by atoms with van der Waals surface area (Å²) in [6.45, 7) is 5.97. The quantitative estimate of drug-likeness (QED) is 0.367. The predicted octanol–water partition coefficient (Wildman–Crippen LogP) is 0.524. The van der Waals surface area contributed by atoms with Crippen LogP contribution in [-0.4, -0.2) is 57.9 Å². The van der Waals surface area contributed by atoms with E-state index in [-0.39, 0.29) is 23.2 Å². The number of aromatic nitrogens is 2. The summed E-state index contributed by atoms with van der Waals surface area (Å²) in [7, 11) is 0. The van der Waals surface area contributed by atoms with Crippen molar-refractivity contribution in [2.24, 2.45) is 11.5 Å². The molecule has 1 aliphatic heterocycles. The first-order valence-electron chi connectivity index (χ1n) is 11.1. The molecule has 4 rings (SSSR count). The molecule has 170 valence electrons. The van der Waals surface area contributed by atoms with Crippen molar-refractivity contribution < 1.29 is 4.79 Å². The molecule has 6 N–H and O–H groups in total. The first kappa shape index (κ1) is 21.9. The van der Waals surface area contributed by atoms with Gasteiger partial charge < -0.3 is 26.7 Å². The van der Waals surface area contributed by atoms with Crippen molar-refractivity contribution in [2.45, 2.75) is 38.8 Å². The number of rotatable bonds is 7. The van der Waals surface area contributed by atoms with Gasteiger partial charge in [-0.05, 0) is 49.1 Å². The van der Waals surface area contributed by atoms with Crippen LogP contribution in [0.15, 0.2) is 46.8 Å². The molecule has 1 amide bonds. The molecule has 1 saturated heterocycles. The van der Waals surface area contributed by atoms with Crippen LogP contribution in [-0.2, 0) is 17.8 Å². The second-order valence-electron chi connectivity index (χ2n) is 8.48. The molecule has 32 heavy (non-hydrogen) atoms. The van der Waals surface area contributed by atoms with Crippen LogP contribution in [0.2, 0.25) is 0 Å². The second-order valence-corrected chi connectivity index (χ2v) is 8.48. The maximum absolute atomic E-state index is 12.1. The third kappa shape index (κ3) is 5.28. The van der Waals surface area contributed by atoms with Gasteiger partial charge in [0.15, 0.2) is 0 Å². The van der Waals surface area contributed by atoms with Gasteiger partial charge >= 0.3 is 0 Å². The average Bonchev–Trinajstić information content (AvgIpc) is 3.61. The van der Waals surface area contributed by atoms with Gasteiger partial charge in [0.25, 0.3) is 11.5 Å². The lowest BCUT2D eigenvalue weighted by Gasteiger charge is -2.36. The lowest BCUT2D eigenvalue weighted by molar-refractivity contribution is -0.117. The van der Waals surface area contributed by atoms with Crippen LogP contribution in [0, 0.1) is 0 Å². The number of H-pyrrole nitrogens is 1. The highest BCUT2D eigenvalue weighted by molar-refractivity contribution is 5.93. The summed E-state index contributed by atoms with van der Waals surface area (Å²) in [5, 5.41) is 2.86. The number of hydrogen-bond acceptors (Lipinski definition) is 7. The maximum atomic E-state index is 12.1. The zero-order valence-electron chi connectivity index (χ0n) is 18.4. The number of fused-ring (bicyclic) bond motifs is 1. The monoisotopic (exact) mass is 437 g/mol. The Morgan fingerprint density at radius 3 is 2.66 bits per heavy atom. The summed E-state index contributed by atoms with van der Waals surface area (Å²) >= 11 is 0. The summed E-state index contributed by atoms with van der Waals surface area (Å²) in [5.74, 6) is 0.362. The molecule has 9 nitrogen and oxygen atoms in total. The summed E-state index contributed by atoms with van der Waals surface area (Å²) in [6.07, 6.45) is 7.88. The van der Waals surface area contributed by atoms with Crippen molar-refractivity contribution in [3.05, 3.63) is 63.5 Å². The molecule has 3 heterocycles. The molecule has 9 heteroatoms. The van der Waals surface area contributed by atoms with Gasteiger partial charge in [-0.3, -0.25) is 19.5 Å². The molecule has 1 aliphatic carbocycles. The highest BCUT2D eigenvalue weighted by atomic mass is 16.2. The van der Waals surface area contributed by atoms with Crippen LogP contribution in [0.3, 0.4) is 0 Å². The molecule has 2 fully saturated rings. The van der Waals surface area contributed by atoms with Crippen molar-refractivity contribution in [3.63, 3.8) is 0 Å². The van der Waals surface area contributed by atoms with Crippen molar-refractivity contribution in [3.8, 4) is 0 Å². The Hall–Kier alpha value is -3.33. The number of aromatic amines is 1. The van der Waals surface area contributed by atoms with Gasteiger partial charge in [-0.25, -0.2) is 0 Å². The second kappa shape index (κ2) is 9.44. The van der Waals surface area contributed by atoms with E-state index in [1.165, 1.54) is 0 Å². The van der Waals surface area contributed by atoms with Gasteiger partial charge in [-0.2, -0.15) is 0 Å². The molecular formula is C23H31N7O2. The van der Waals surface area contributed by atoms with Crippen LogP contribution in [0.1, 0.15) is 30.9 Å². The molecule has 2 aromatic rings. The normalized spacial score (nSPS) is 18.2. The van der Waals surface area contributed by atoms with E-state index in [1.807, 2.05) is 25.3 Å². The van der Waals surface area contributed by atoms with Crippen molar-refractivity contribution in [1.82, 2.24) is 25.1 Å². The third-order valence-electron chi connectivity index (χ3n) is 5.96. The van der Waals surface area contributed by atoms with Crippen molar-refractivity contribution in [2.75, 3.05) is 26.2 Å². The zero-order valence-corrected chi connectivity index (χ0v) is 18.4. The first-order valence-corrected chi connectivity index (χ1v) is 11.1. The number of nitrogens with zero attached hydrogens (tertiary/aromatic N) is 3. The standard InChI is InChI=1S/C23H31N7O2/c1-2-16-12-19-20(28-22(16)31)11-15(13-26-19)14-29-7-9-30(10-8-29)21(25)6-5-18(24)23(32)27-17-3-4-17/h5-6,11-13,17H,2-4,7-10,14,24-25H2,1H3,(H,27,32)(H,28,31)/b18-5-,21-6+. The fourth-order valence-electron chi connectivity index (χ4n) is 3.79. The van der Waals surface area contributed by atoms with Gasteiger partial charge in [0.2, 0.25) is 0 Å². The van der Waals surface area contributed by atoms with Crippen LogP contribution in [0.5, 0.6) is 0 Å². The lowest BCUT2D eigenvalue weighted by atomic mass is 10.1. The number of allylic oxidation sites excluding steroid dienone is 2. The highest BCUT2D eigenvalue weighted by Crippen LogP contribution is 2.19. The minimum absolute atomic E-state index is 0.0467. The van der Waals surface area contributed by atoms with Crippen LogP contribution < -0.4 is 22.3 Å². The van der Waals surface area contributed by atoms with E-state index in [0.29, 0.717) is 12.2 Å². The molecule has 0 radical (unpaired) electrons. The topological polar surface area (TPSA) is 133 Å². The third-order valence-corrected chi connectivity index (χ3v) is 5.96. The van der Waals surface area contributed by atoms with E-state index in [0.717, 1.165) is 67.7 Å². The largest absolute Gasteiger partial charge is 0.394 e. The van der Waals surface area contributed by atoms with Gasteiger partial charge in [0.05, 0.1) is 22.6 Å². The molecule has 0 bridgehead atoms. The summed E-state index contributed by atoms with van der Waals surface area (Å²) in [5.41, 5.74) is 15.6. The Labute approximate surface area is 187 Å². The molecule has 0 aromatic carbocycles. The SMILES string of the molecule is CCc1cc2ncc(CN3CCN(/C(N)=C/C=C(\N)C(=O)NC4CC4)CC3)cc2[nH]c1=O. The summed E-state index contributed by atoms with van der Waals surface area (Å²) in [6, 6.07) is 4.14. The van der Waals surface area contributed by atoms with Gasteiger partial charge in [-0.15, -0.1) is 0 Å². The van der Waals surface area contributed by atoms with Gasteiger partial charge in [-0.1, -0.05) is 6.92 Å². The number of nitrogens with one attached hydrogen (secondary N) is 2. The number of hydrogen-bond donors (Lipinski definition) is 4. The molecule has 0 spiro atoms. The van der Waals surface area contributed by atoms with Crippen molar-refractivity contribution in [1.29, 1.82) is 0 Å². The summed E-state index contributed by atoms with van der Waals surface area (Å²) in [4.78, 5) is 35.9. The van der Waals surface area contributed by atoms with Gasteiger partial charge in [0, 0.05) is 50.5 Å². The minimum Gasteiger partial charge on any atom is -0.394 e. The number of pyridine rings is 2. The summed E-state index contributed by atoms with van der Waals surface area (Å²) < 4.78 is 0. The number of nitrogens with two attached hydrogens (primary N) is 2.